The molecule has 22 heavy (non-hydrogen) atoms. The predicted octanol–water partition coefficient (Wildman–Crippen LogP) is 3.50. The zero-order chi connectivity index (χ0) is 16.0. The fourth-order valence-corrected chi connectivity index (χ4v) is 1.85. The van der Waals surface area contributed by atoms with Crippen molar-refractivity contribution in [3.63, 3.8) is 0 Å². The van der Waals surface area contributed by atoms with Crippen molar-refractivity contribution in [2.24, 2.45) is 0 Å². The lowest BCUT2D eigenvalue weighted by Crippen LogP contribution is -2.32. The minimum atomic E-state index is -0.478. The number of nitrogens with zero attached hydrogens (tertiary/aromatic N) is 1. The zero-order valence-electron chi connectivity index (χ0n) is 13.1. The number of carbonyl (C=O) groups is 1. The largest absolute Gasteiger partial charge is 0.444 e. The first kappa shape index (κ1) is 15.8. The summed E-state index contributed by atoms with van der Waals surface area (Å²) in [6.45, 7) is 5.97. The number of hydrogen-bond donors (Lipinski definition) is 1. The second-order valence-electron chi connectivity index (χ2n) is 5.89. The summed E-state index contributed by atoms with van der Waals surface area (Å²) >= 11 is 0. The molecule has 1 aromatic carbocycles. The highest BCUT2D eigenvalue weighted by Crippen LogP contribution is 2.12. The van der Waals surface area contributed by atoms with Crippen LogP contribution in [0.2, 0.25) is 0 Å². The van der Waals surface area contributed by atoms with Crippen molar-refractivity contribution in [1.82, 2.24) is 10.3 Å². The molecule has 2 rings (SSSR count). The number of alkyl carbamates (subject to hydrolysis) is 1. The number of aromatic nitrogens is 1. The van der Waals surface area contributed by atoms with Crippen LogP contribution in [-0.4, -0.2) is 23.2 Å². The number of pyridine rings is 1. The maximum Gasteiger partial charge on any atom is 0.407 e. The van der Waals surface area contributed by atoms with E-state index < -0.39 is 11.7 Å². The van der Waals surface area contributed by atoms with Gasteiger partial charge in [-0.15, -0.1) is 0 Å². The van der Waals surface area contributed by atoms with Crippen LogP contribution in [0.1, 0.15) is 32.8 Å². The van der Waals surface area contributed by atoms with E-state index in [1.54, 1.807) is 6.20 Å². The van der Waals surface area contributed by atoms with E-state index in [0.717, 1.165) is 16.5 Å². The van der Waals surface area contributed by atoms with Crippen LogP contribution < -0.4 is 5.32 Å². The topological polar surface area (TPSA) is 51.2 Å². The molecular formula is C18H20N2O2. The third-order valence-electron chi connectivity index (χ3n) is 2.76. The molecule has 114 valence electrons. The van der Waals surface area contributed by atoms with Crippen molar-refractivity contribution in [2.45, 2.75) is 32.8 Å². The summed E-state index contributed by atoms with van der Waals surface area (Å²) in [5.74, 6) is 6.11. The van der Waals surface area contributed by atoms with Crippen molar-refractivity contribution in [3.05, 3.63) is 42.1 Å². The van der Waals surface area contributed by atoms with Crippen LogP contribution >= 0.6 is 0 Å². The Bertz CT molecular complexity index is 721. The third kappa shape index (κ3) is 5.10. The normalized spacial score (nSPS) is 10.7. The van der Waals surface area contributed by atoms with Crippen LogP contribution in [0, 0.1) is 11.8 Å². The Morgan fingerprint density at radius 1 is 1.32 bits per heavy atom. The van der Waals surface area contributed by atoms with E-state index in [2.05, 4.69) is 22.1 Å². The molecule has 0 spiro atoms. The van der Waals surface area contributed by atoms with Crippen molar-refractivity contribution in [1.29, 1.82) is 0 Å². The maximum absolute atomic E-state index is 11.4. The van der Waals surface area contributed by atoms with Gasteiger partial charge >= 0.3 is 6.09 Å². The van der Waals surface area contributed by atoms with E-state index in [1.165, 1.54) is 0 Å². The molecule has 0 saturated heterocycles. The van der Waals surface area contributed by atoms with E-state index in [9.17, 15) is 4.79 Å². The van der Waals surface area contributed by atoms with Gasteiger partial charge in [-0.1, -0.05) is 24.0 Å². The van der Waals surface area contributed by atoms with Gasteiger partial charge in [-0.05, 0) is 39.0 Å². The summed E-state index contributed by atoms with van der Waals surface area (Å²) in [6, 6.07) is 9.87. The highest BCUT2D eigenvalue weighted by Gasteiger charge is 2.15. The fraction of sp³-hybridized carbons (Fsp3) is 0.333. The molecule has 1 heterocycles. The molecule has 0 aliphatic heterocycles. The van der Waals surface area contributed by atoms with E-state index in [0.29, 0.717) is 13.0 Å². The lowest BCUT2D eigenvalue weighted by atomic mass is 10.1. The van der Waals surface area contributed by atoms with Gasteiger partial charge in [0, 0.05) is 30.1 Å². The molecule has 0 fully saturated rings. The minimum absolute atomic E-state index is 0.413. The van der Waals surface area contributed by atoms with Crippen molar-refractivity contribution in [3.8, 4) is 11.8 Å². The number of benzene rings is 1. The minimum Gasteiger partial charge on any atom is -0.444 e. The number of ether oxygens (including phenoxy) is 1. The number of carbonyl (C=O) groups excluding carboxylic acids is 1. The van der Waals surface area contributed by atoms with Crippen LogP contribution in [0.3, 0.4) is 0 Å². The quantitative estimate of drug-likeness (QED) is 0.681. The molecule has 0 aliphatic carbocycles. The van der Waals surface area contributed by atoms with E-state index >= 15 is 0 Å². The molecule has 0 unspecified atom stereocenters. The van der Waals surface area contributed by atoms with Crippen LogP contribution in [-0.2, 0) is 4.74 Å². The van der Waals surface area contributed by atoms with Gasteiger partial charge in [0.2, 0.25) is 0 Å². The number of fused-ring (bicyclic) bond motifs is 1. The number of nitrogens with one attached hydrogen (secondary N) is 1. The lowest BCUT2D eigenvalue weighted by Gasteiger charge is -2.19. The summed E-state index contributed by atoms with van der Waals surface area (Å²) in [5, 5.41) is 3.78. The van der Waals surface area contributed by atoms with Gasteiger partial charge in [-0.2, -0.15) is 0 Å². The molecule has 4 nitrogen and oxygen atoms in total. The van der Waals surface area contributed by atoms with Gasteiger partial charge in [0.15, 0.2) is 0 Å². The highest BCUT2D eigenvalue weighted by molar-refractivity contribution is 5.79. The average molecular weight is 296 g/mol. The summed E-state index contributed by atoms with van der Waals surface area (Å²) < 4.78 is 5.14. The van der Waals surface area contributed by atoms with E-state index in [1.807, 2.05) is 51.1 Å². The zero-order valence-corrected chi connectivity index (χ0v) is 13.1. The number of amides is 1. The van der Waals surface area contributed by atoms with E-state index in [-0.39, 0.29) is 0 Å². The van der Waals surface area contributed by atoms with Crippen LogP contribution in [0.4, 0.5) is 4.79 Å². The molecule has 0 radical (unpaired) electrons. The summed E-state index contributed by atoms with van der Waals surface area (Å²) in [4.78, 5) is 15.8. The van der Waals surface area contributed by atoms with Crippen LogP contribution in [0.15, 0.2) is 36.5 Å². The molecule has 2 aromatic rings. The highest BCUT2D eigenvalue weighted by atomic mass is 16.6. The Hall–Kier alpha value is -2.54. The average Bonchev–Trinajstić information content (AvgIpc) is 2.45. The molecule has 0 bridgehead atoms. The van der Waals surface area contributed by atoms with Crippen molar-refractivity contribution < 1.29 is 9.53 Å². The summed E-state index contributed by atoms with van der Waals surface area (Å²) in [7, 11) is 0. The number of hydrogen-bond acceptors (Lipinski definition) is 3. The fourth-order valence-electron chi connectivity index (χ4n) is 1.85. The van der Waals surface area contributed by atoms with Gasteiger partial charge in [0.05, 0.1) is 5.52 Å². The molecule has 1 amide bonds. The monoisotopic (exact) mass is 296 g/mol. The molecular weight excluding hydrogens is 276 g/mol. The Morgan fingerprint density at radius 3 is 2.91 bits per heavy atom. The van der Waals surface area contributed by atoms with Crippen molar-refractivity contribution >= 4 is 17.0 Å². The van der Waals surface area contributed by atoms with Crippen LogP contribution in [0.5, 0.6) is 0 Å². The van der Waals surface area contributed by atoms with Gasteiger partial charge in [-0.3, -0.25) is 4.98 Å². The van der Waals surface area contributed by atoms with Crippen molar-refractivity contribution in [2.75, 3.05) is 6.54 Å². The summed E-state index contributed by atoms with van der Waals surface area (Å²) in [5.41, 5.74) is 1.37. The standard InChI is InChI=1S/C18H20N2O2/c1-18(2,3)22-17(21)20-11-5-4-7-14-9-10-15-8-6-12-19-16(15)13-14/h6,8-10,12-13H,5,11H2,1-3H3,(H,20,21). The lowest BCUT2D eigenvalue weighted by molar-refractivity contribution is 0.0529. The van der Waals surface area contributed by atoms with E-state index in [4.69, 9.17) is 4.74 Å². The van der Waals surface area contributed by atoms with Gasteiger partial charge in [-0.25, -0.2) is 4.79 Å². The first-order chi connectivity index (χ1) is 10.4. The molecule has 1 aromatic heterocycles. The Kier molecular flexibility index (Phi) is 5.00. The molecule has 4 heteroatoms. The Morgan fingerprint density at radius 2 is 2.14 bits per heavy atom. The first-order valence-electron chi connectivity index (χ1n) is 7.24. The SMILES string of the molecule is CC(C)(C)OC(=O)NCCC#Cc1ccc2cccnc2c1. The second-order valence-corrected chi connectivity index (χ2v) is 5.89. The van der Waals surface area contributed by atoms with Gasteiger partial charge < -0.3 is 10.1 Å². The number of rotatable bonds is 2. The smallest absolute Gasteiger partial charge is 0.407 e. The second kappa shape index (κ2) is 6.95. The molecule has 1 N–H and O–H groups in total. The summed E-state index contributed by atoms with van der Waals surface area (Å²) in [6.07, 6.45) is 1.92. The maximum atomic E-state index is 11.4. The van der Waals surface area contributed by atoms with Gasteiger partial charge in [0.1, 0.15) is 5.60 Å². The third-order valence-corrected chi connectivity index (χ3v) is 2.76. The van der Waals surface area contributed by atoms with Crippen LogP contribution in [0.25, 0.3) is 10.9 Å². The molecule has 0 aliphatic rings. The first-order valence-corrected chi connectivity index (χ1v) is 7.24. The Balaban J connectivity index is 1.84. The molecule has 0 atom stereocenters. The molecule has 0 saturated carbocycles. The predicted molar refractivity (Wildman–Crippen MR) is 87.5 cm³/mol. The Labute approximate surface area is 130 Å². The van der Waals surface area contributed by atoms with Gasteiger partial charge in [0.25, 0.3) is 0 Å².